The monoisotopic (exact) mass is 276 g/mol. The average Bonchev–Trinajstić information content (AvgIpc) is 2.47. The molecule has 0 aliphatic heterocycles. The topological polar surface area (TPSA) is 38.7 Å². The number of aliphatic hydroxyl groups excluding tert-OH is 1. The van der Waals surface area contributed by atoms with E-state index in [1.54, 1.807) is 19.2 Å². The molecule has 0 aliphatic carbocycles. The van der Waals surface area contributed by atoms with Crippen LogP contribution >= 0.6 is 0 Å². The van der Waals surface area contributed by atoms with Gasteiger partial charge in [0, 0.05) is 7.11 Å². The first-order valence-corrected chi connectivity index (χ1v) is 6.38. The number of ether oxygens (including phenoxy) is 2. The molecule has 3 nitrogen and oxygen atoms in total. The second kappa shape index (κ2) is 7.03. The van der Waals surface area contributed by atoms with Crippen LogP contribution in [-0.2, 0) is 17.8 Å². The van der Waals surface area contributed by atoms with E-state index in [0.29, 0.717) is 18.1 Å². The molecule has 4 heteroatoms. The van der Waals surface area contributed by atoms with Gasteiger partial charge < -0.3 is 14.6 Å². The summed E-state index contributed by atoms with van der Waals surface area (Å²) < 4.78 is 24.1. The van der Waals surface area contributed by atoms with E-state index in [1.807, 2.05) is 24.3 Å². The van der Waals surface area contributed by atoms with Crippen molar-refractivity contribution in [2.45, 2.75) is 13.0 Å². The molecule has 0 bridgehead atoms. The Morgan fingerprint density at radius 1 is 1.10 bits per heavy atom. The lowest BCUT2D eigenvalue weighted by Crippen LogP contribution is -1.96. The predicted molar refractivity (Wildman–Crippen MR) is 74.4 cm³/mol. The van der Waals surface area contributed by atoms with Crippen molar-refractivity contribution in [1.82, 2.24) is 0 Å². The van der Waals surface area contributed by atoms with Crippen LogP contribution in [0.5, 0.6) is 11.5 Å². The SMILES string of the molecule is COCCc1ccc(Oc2cccc(F)c2CO)cc1. The fraction of sp³-hybridized carbons (Fsp3) is 0.250. The van der Waals surface area contributed by atoms with E-state index in [1.165, 1.54) is 6.07 Å². The fourth-order valence-corrected chi connectivity index (χ4v) is 1.86. The van der Waals surface area contributed by atoms with Crippen LogP contribution in [0.4, 0.5) is 4.39 Å². The third-order valence-corrected chi connectivity index (χ3v) is 2.98. The van der Waals surface area contributed by atoms with Crippen molar-refractivity contribution in [2.75, 3.05) is 13.7 Å². The highest BCUT2D eigenvalue weighted by Crippen LogP contribution is 2.27. The van der Waals surface area contributed by atoms with E-state index in [9.17, 15) is 9.50 Å². The number of hydrogen-bond donors (Lipinski definition) is 1. The van der Waals surface area contributed by atoms with E-state index in [4.69, 9.17) is 9.47 Å². The molecule has 0 amide bonds. The molecule has 0 unspecified atom stereocenters. The molecule has 1 N–H and O–H groups in total. The normalized spacial score (nSPS) is 10.6. The molecule has 106 valence electrons. The van der Waals surface area contributed by atoms with E-state index in [2.05, 4.69) is 0 Å². The number of halogens is 1. The minimum atomic E-state index is -0.471. The molecule has 0 saturated carbocycles. The van der Waals surface area contributed by atoms with Gasteiger partial charge in [0.15, 0.2) is 0 Å². The van der Waals surface area contributed by atoms with E-state index in [0.717, 1.165) is 12.0 Å². The van der Waals surface area contributed by atoms with Crippen LogP contribution in [0.15, 0.2) is 42.5 Å². The Labute approximate surface area is 117 Å². The van der Waals surface area contributed by atoms with Crippen LogP contribution in [0.3, 0.4) is 0 Å². The first-order chi connectivity index (χ1) is 9.74. The lowest BCUT2D eigenvalue weighted by atomic mass is 10.1. The van der Waals surface area contributed by atoms with Gasteiger partial charge in [0.25, 0.3) is 0 Å². The summed E-state index contributed by atoms with van der Waals surface area (Å²) >= 11 is 0. The van der Waals surface area contributed by atoms with E-state index in [-0.39, 0.29) is 5.56 Å². The van der Waals surface area contributed by atoms with Crippen LogP contribution in [0.2, 0.25) is 0 Å². The zero-order valence-electron chi connectivity index (χ0n) is 11.3. The molecule has 0 radical (unpaired) electrons. The van der Waals surface area contributed by atoms with Gasteiger partial charge in [-0.1, -0.05) is 18.2 Å². The molecule has 2 rings (SSSR count). The van der Waals surface area contributed by atoms with Crippen molar-refractivity contribution >= 4 is 0 Å². The maximum absolute atomic E-state index is 13.5. The second-order valence-electron chi connectivity index (χ2n) is 4.36. The van der Waals surface area contributed by atoms with Gasteiger partial charge >= 0.3 is 0 Å². The smallest absolute Gasteiger partial charge is 0.135 e. The summed E-state index contributed by atoms with van der Waals surface area (Å²) in [6, 6.07) is 12.0. The Morgan fingerprint density at radius 2 is 1.85 bits per heavy atom. The number of rotatable bonds is 6. The maximum Gasteiger partial charge on any atom is 0.135 e. The van der Waals surface area contributed by atoms with E-state index >= 15 is 0 Å². The highest BCUT2D eigenvalue weighted by Gasteiger charge is 2.09. The Balaban J connectivity index is 2.12. The molecule has 2 aromatic carbocycles. The molecule has 2 aromatic rings. The summed E-state index contributed by atoms with van der Waals surface area (Å²) in [4.78, 5) is 0. The average molecular weight is 276 g/mol. The Bertz CT molecular complexity index is 552. The summed E-state index contributed by atoms with van der Waals surface area (Å²) in [5.41, 5.74) is 1.30. The van der Waals surface area contributed by atoms with Gasteiger partial charge in [0.05, 0.1) is 18.8 Å². The first-order valence-electron chi connectivity index (χ1n) is 6.38. The van der Waals surface area contributed by atoms with E-state index < -0.39 is 12.4 Å². The second-order valence-corrected chi connectivity index (χ2v) is 4.36. The number of hydrogen-bond acceptors (Lipinski definition) is 3. The van der Waals surface area contributed by atoms with Crippen LogP contribution in [0, 0.1) is 5.82 Å². The van der Waals surface area contributed by atoms with Crippen LogP contribution in [0.1, 0.15) is 11.1 Å². The van der Waals surface area contributed by atoms with Gasteiger partial charge in [0.1, 0.15) is 17.3 Å². The van der Waals surface area contributed by atoms with Gasteiger partial charge in [-0.05, 0) is 36.2 Å². The third-order valence-electron chi connectivity index (χ3n) is 2.98. The molecule has 0 atom stereocenters. The zero-order chi connectivity index (χ0) is 14.4. The molecule has 0 spiro atoms. The van der Waals surface area contributed by atoms with Gasteiger partial charge in [-0.15, -0.1) is 0 Å². The van der Waals surface area contributed by atoms with Crippen molar-refractivity contribution in [3.05, 3.63) is 59.4 Å². The molecular weight excluding hydrogens is 259 g/mol. The summed E-state index contributed by atoms with van der Waals surface area (Å²) in [7, 11) is 1.66. The summed E-state index contributed by atoms with van der Waals surface area (Å²) in [5, 5.41) is 9.18. The van der Waals surface area contributed by atoms with Crippen LogP contribution < -0.4 is 4.74 Å². The number of methoxy groups -OCH3 is 1. The fourth-order valence-electron chi connectivity index (χ4n) is 1.86. The van der Waals surface area contributed by atoms with Gasteiger partial charge in [-0.2, -0.15) is 0 Å². The minimum absolute atomic E-state index is 0.163. The summed E-state index contributed by atoms with van der Waals surface area (Å²) in [6.45, 7) is 0.271. The molecule has 0 aliphatic rings. The lowest BCUT2D eigenvalue weighted by molar-refractivity contribution is 0.202. The lowest BCUT2D eigenvalue weighted by Gasteiger charge is -2.10. The number of benzene rings is 2. The molecule has 0 saturated heterocycles. The highest BCUT2D eigenvalue weighted by molar-refractivity contribution is 5.39. The van der Waals surface area contributed by atoms with Crippen LogP contribution in [-0.4, -0.2) is 18.8 Å². The maximum atomic E-state index is 13.5. The zero-order valence-corrected chi connectivity index (χ0v) is 11.3. The van der Waals surface area contributed by atoms with Crippen molar-refractivity contribution in [3.8, 4) is 11.5 Å². The predicted octanol–water partition coefficient (Wildman–Crippen LogP) is 3.30. The Hall–Kier alpha value is -1.91. The summed E-state index contributed by atoms with van der Waals surface area (Å²) in [6.07, 6.45) is 0.832. The first kappa shape index (κ1) is 14.5. The van der Waals surface area contributed by atoms with Crippen molar-refractivity contribution in [3.63, 3.8) is 0 Å². The Kier molecular flexibility index (Phi) is 5.09. The molecule has 20 heavy (non-hydrogen) atoms. The summed E-state index contributed by atoms with van der Waals surface area (Å²) in [5.74, 6) is 0.463. The molecule has 0 heterocycles. The quantitative estimate of drug-likeness (QED) is 0.879. The largest absolute Gasteiger partial charge is 0.457 e. The minimum Gasteiger partial charge on any atom is -0.457 e. The van der Waals surface area contributed by atoms with Gasteiger partial charge in [0.2, 0.25) is 0 Å². The Morgan fingerprint density at radius 3 is 2.50 bits per heavy atom. The van der Waals surface area contributed by atoms with Crippen molar-refractivity contribution in [2.24, 2.45) is 0 Å². The van der Waals surface area contributed by atoms with Crippen molar-refractivity contribution < 1.29 is 19.0 Å². The molecule has 0 aromatic heterocycles. The third kappa shape index (κ3) is 3.56. The molecule has 0 fully saturated rings. The van der Waals surface area contributed by atoms with Gasteiger partial charge in [-0.25, -0.2) is 4.39 Å². The standard InChI is InChI=1S/C16H17FO3/c1-19-10-9-12-5-7-13(8-6-12)20-16-4-2-3-15(17)14(16)11-18/h2-8,18H,9-11H2,1H3. The number of aliphatic hydroxyl groups is 1. The van der Waals surface area contributed by atoms with Crippen molar-refractivity contribution in [1.29, 1.82) is 0 Å². The van der Waals surface area contributed by atoms with Gasteiger partial charge in [-0.3, -0.25) is 0 Å². The van der Waals surface area contributed by atoms with Crippen LogP contribution in [0.25, 0.3) is 0 Å². The molecular formula is C16H17FO3. The highest BCUT2D eigenvalue weighted by atomic mass is 19.1.